The van der Waals surface area contributed by atoms with E-state index in [1.165, 1.54) is 42.5 Å². The lowest BCUT2D eigenvalue weighted by Gasteiger charge is -2.11. The Morgan fingerprint density at radius 1 is 0.885 bits per heavy atom. The van der Waals surface area contributed by atoms with Gasteiger partial charge in [-0.2, -0.15) is 0 Å². The van der Waals surface area contributed by atoms with Crippen molar-refractivity contribution in [2.24, 2.45) is 5.73 Å². The highest BCUT2D eigenvalue weighted by Gasteiger charge is 2.11. The first-order chi connectivity index (χ1) is 12.4. The van der Waals surface area contributed by atoms with Crippen molar-refractivity contribution in [3.63, 3.8) is 0 Å². The minimum Gasteiger partial charge on any atom is -0.486 e. The third-order valence-corrected chi connectivity index (χ3v) is 3.81. The highest BCUT2D eigenvalue weighted by Crippen LogP contribution is 2.27. The molecule has 0 saturated carbocycles. The predicted molar refractivity (Wildman–Crippen MR) is 91.0 cm³/mol. The van der Waals surface area contributed by atoms with E-state index in [2.05, 4.69) is 0 Å². The van der Waals surface area contributed by atoms with E-state index < -0.39 is 23.4 Å². The monoisotopic (exact) mass is 357 g/mol. The number of nitrogens with two attached hydrogens (primary N) is 1. The standard InChI is InChI=1S/C20H14F3NO2/c21-16-3-1-2-12(8-16)13-6-7-17(22)19(10-13)26-11-15-5-4-14(20(24)25)9-18(15)23/h1-10H,11H2,(H2,24,25). The van der Waals surface area contributed by atoms with Crippen molar-refractivity contribution in [2.75, 3.05) is 0 Å². The van der Waals surface area contributed by atoms with Crippen LogP contribution in [-0.2, 0) is 6.61 Å². The van der Waals surface area contributed by atoms with Crippen LogP contribution >= 0.6 is 0 Å². The van der Waals surface area contributed by atoms with Gasteiger partial charge >= 0.3 is 0 Å². The second-order valence-electron chi connectivity index (χ2n) is 5.61. The molecule has 0 atom stereocenters. The molecule has 3 aromatic rings. The molecule has 6 heteroatoms. The van der Waals surface area contributed by atoms with Crippen molar-refractivity contribution in [3.8, 4) is 16.9 Å². The molecule has 3 aromatic carbocycles. The van der Waals surface area contributed by atoms with Crippen LogP contribution in [0.3, 0.4) is 0 Å². The van der Waals surface area contributed by atoms with Crippen LogP contribution in [0, 0.1) is 17.5 Å². The van der Waals surface area contributed by atoms with E-state index in [4.69, 9.17) is 10.5 Å². The average Bonchev–Trinajstić information content (AvgIpc) is 2.61. The normalized spacial score (nSPS) is 10.6. The van der Waals surface area contributed by atoms with E-state index in [0.717, 1.165) is 6.07 Å². The van der Waals surface area contributed by atoms with Crippen LogP contribution in [0.1, 0.15) is 15.9 Å². The summed E-state index contributed by atoms with van der Waals surface area (Å²) in [7, 11) is 0. The van der Waals surface area contributed by atoms with E-state index in [1.807, 2.05) is 0 Å². The molecule has 1 amide bonds. The molecular formula is C20H14F3NO2. The zero-order valence-electron chi connectivity index (χ0n) is 13.5. The van der Waals surface area contributed by atoms with Crippen molar-refractivity contribution >= 4 is 5.91 Å². The lowest BCUT2D eigenvalue weighted by atomic mass is 10.1. The van der Waals surface area contributed by atoms with Crippen LogP contribution in [0.2, 0.25) is 0 Å². The van der Waals surface area contributed by atoms with E-state index in [1.54, 1.807) is 12.1 Å². The van der Waals surface area contributed by atoms with Gasteiger partial charge in [0, 0.05) is 11.1 Å². The van der Waals surface area contributed by atoms with E-state index in [9.17, 15) is 18.0 Å². The SMILES string of the molecule is NC(=O)c1ccc(COc2cc(-c3cccc(F)c3)ccc2F)c(F)c1. The van der Waals surface area contributed by atoms with Crippen LogP contribution in [0.4, 0.5) is 13.2 Å². The Bertz CT molecular complexity index is 973. The Labute approximate surface area is 147 Å². The van der Waals surface area contributed by atoms with Crippen molar-refractivity contribution in [2.45, 2.75) is 6.61 Å². The number of amides is 1. The van der Waals surface area contributed by atoms with Crippen molar-refractivity contribution in [1.82, 2.24) is 0 Å². The molecule has 0 heterocycles. The summed E-state index contributed by atoms with van der Waals surface area (Å²) in [6, 6.07) is 13.7. The molecule has 3 rings (SSSR count). The van der Waals surface area contributed by atoms with E-state index in [-0.39, 0.29) is 23.5 Å². The Morgan fingerprint density at radius 3 is 2.35 bits per heavy atom. The second kappa shape index (κ2) is 7.31. The zero-order chi connectivity index (χ0) is 18.7. The fraction of sp³-hybridized carbons (Fsp3) is 0.0500. The number of primary amides is 1. The van der Waals surface area contributed by atoms with Gasteiger partial charge in [-0.25, -0.2) is 13.2 Å². The lowest BCUT2D eigenvalue weighted by Crippen LogP contribution is -2.12. The summed E-state index contributed by atoms with van der Waals surface area (Å²) in [4.78, 5) is 11.0. The Balaban J connectivity index is 1.82. The second-order valence-corrected chi connectivity index (χ2v) is 5.61. The molecule has 0 aliphatic carbocycles. The minimum atomic E-state index is -0.745. The number of rotatable bonds is 5. The Kier molecular flexibility index (Phi) is 4.93. The van der Waals surface area contributed by atoms with Crippen molar-refractivity contribution < 1.29 is 22.7 Å². The number of benzene rings is 3. The fourth-order valence-electron chi connectivity index (χ4n) is 2.43. The fourth-order valence-corrected chi connectivity index (χ4v) is 2.43. The third-order valence-electron chi connectivity index (χ3n) is 3.81. The van der Waals surface area contributed by atoms with Gasteiger partial charge in [0.15, 0.2) is 11.6 Å². The summed E-state index contributed by atoms with van der Waals surface area (Å²) in [5.74, 6) is -2.55. The molecule has 0 bridgehead atoms. The summed E-state index contributed by atoms with van der Waals surface area (Å²) in [5, 5.41) is 0. The highest BCUT2D eigenvalue weighted by molar-refractivity contribution is 5.92. The van der Waals surface area contributed by atoms with Gasteiger partial charge in [0.2, 0.25) is 5.91 Å². The third kappa shape index (κ3) is 3.85. The molecule has 0 unspecified atom stereocenters. The molecule has 0 radical (unpaired) electrons. The summed E-state index contributed by atoms with van der Waals surface area (Å²) in [6.45, 7) is -0.242. The number of hydrogen-bond acceptors (Lipinski definition) is 2. The lowest BCUT2D eigenvalue weighted by molar-refractivity contribution is 0.0999. The first-order valence-electron chi connectivity index (χ1n) is 7.70. The summed E-state index contributed by atoms with van der Waals surface area (Å²) in [5.41, 5.74) is 6.39. The molecule has 0 saturated heterocycles. The molecule has 132 valence electrons. The molecular weight excluding hydrogens is 343 g/mol. The van der Waals surface area contributed by atoms with E-state index >= 15 is 0 Å². The Morgan fingerprint density at radius 2 is 1.65 bits per heavy atom. The smallest absolute Gasteiger partial charge is 0.248 e. The van der Waals surface area contributed by atoms with Crippen molar-refractivity contribution in [1.29, 1.82) is 0 Å². The average molecular weight is 357 g/mol. The minimum absolute atomic E-state index is 0.0329. The maximum atomic E-state index is 14.0. The molecule has 0 aromatic heterocycles. The van der Waals surface area contributed by atoms with Gasteiger partial charge in [0.1, 0.15) is 18.2 Å². The first kappa shape index (κ1) is 17.5. The van der Waals surface area contributed by atoms with Gasteiger partial charge in [0.25, 0.3) is 0 Å². The summed E-state index contributed by atoms with van der Waals surface area (Å²) in [6.07, 6.45) is 0. The molecule has 0 spiro atoms. The molecule has 26 heavy (non-hydrogen) atoms. The molecule has 0 fully saturated rings. The van der Waals surface area contributed by atoms with Crippen LogP contribution in [0.25, 0.3) is 11.1 Å². The van der Waals surface area contributed by atoms with Gasteiger partial charge in [-0.05, 0) is 47.5 Å². The molecule has 3 nitrogen and oxygen atoms in total. The molecule has 2 N–H and O–H groups in total. The number of carbonyl (C=O) groups is 1. The number of ether oxygens (including phenoxy) is 1. The maximum Gasteiger partial charge on any atom is 0.248 e. The van der Waals surface area contributed by atoms with Crippen molar-refractivity contribution in [3.05, 3.63) is 89.2 Å². The summed E-state index contributed by atoms with van der Waals surface area (Å²) < 4.78 is 46.7. The topological polar surface area (TPSA) is 52.3 Å². The van der Waals surface area contributed by atoms with Crippen LogP contribution in [-0.4, -0.2) is 5.91 Å². The Hall–Kier alpha value is -3.28. The van der Waals surface area contributed by atoms with Gasteiger partial charge in [-0.3, -0.25) is 4.79 Å². The van der Waals surface area contributed by atoms with Crippen LogP contribution < -0.4 is 10.5 Å². The van der Waals surface area contributed by atoms with Gasteiger partial charge in [-0.1, -0.05) is 24.3 Å². The number of halogens is 3. The largest absolute Gasteiger partial charge is 0.486 e. The summed E-state index contributed by atoms with van der Waals surface area (Å²) >= 11 is 0. The number of hydrogen-bond donors (Lipinski definition) is 1. The zero-order valence-corrected chi connectivity index (χ0v) is 13.5. The van der Waals surface area contributed by atoms with Gasteiger partial charge in [0.05, 0.1) is 0 Å². The van der Waals surface area contributed by atoms with Gasteiger partial charge < -0.3 is 10.5 Å². The highest BCUT2D eigenvalue weighted by atomic mass is 19.1. The molecule has 0 aliphatic rings. The maximum absolute atomic E-state index is 14.0. The van der Waals surface area contributed by atoms with Gasteiger partial charge in [-0.15, -0.1) is 0 Å². The van der Waals surface area contributed by atoms with E-state index in [0.29, 0.717) is 11.1 Å². The van der Waals surface area contributed by atoms with Crippen LogP contribution in [0.5, 0.6) is 5.75 Å². The number of carbonyl (C=O) groups excluding carboxylic acids is 1. The van der Waals surface area contributed by atoms with Crippen LogP contribution in [0.15, 0.2) is 60.7 Å². The molecule has 0 aliphatic heterocycles. The predicted octanol–water partition coefficient (Wildman–Crippen LogP) is 4.45. The quantitative estimate of drug-likeness (QED) is 0.733. The first-order valence-corrected chi connectivity index (χ1v) is 7.70.